The standard InChI is InChI=1S/C10H12N2O2/c1-8(14)12-10(7-13)6-9-4-2-3-5-11-9/h2-5,7,10H,6H2,1H3,(H,12,14)/t10-/m0/s1. The molecule has 0 aromatic carbocycles. The Bertz CT molecular complexity index is 311. The number of nitrogens with zero attached hydrogens (tertiary/aromatic N) is 1. The zero-order valence-electron chi connectivity index (χ0n) is 7.93. The van der Waals surface area contributed by atoms with Crippen LogP contribution in [0.2, 0.25) is 0 Å². The van der Waals surface area contributed by atoms with Gasteiger partial charge in [-0.3, -0.25) is 9.78 Å². The molecule has 1 atom stereocenters. The van der Waals surface area contributed by atoms with Crippen molar-refractivity contribution in [2.75, 3.05) is 0 Å². The van der Waals surface area contributed by atoms with Crippen molar-refractivity contribution in [2.45, 2.75) is 19.4 Å². The molecule has 1 rings (SSSR count). The van der Waals surface area contributed by atoms with E-state index < -0.39 is 6.04 Å². The quantitative estimate of drug-likeness (QED) is 0.699. The van der Waals surface area contributed by atoms with Crippen molar-refractivity contribution in [1.82, 2.24) is 10.3 Å². The minimum absolute atomic E-state index is 0.210. The summed E-state index contributed by atoms with van der Waals surface area (Å²) in [5, 5.41) is 2.53. The van der Waals surface area contributed by atoms with Crippen molar-refractivity contribution in [3.63, 3.8) is 0 Å². The Labute approximate surface area is 82.3 Å². The number of carbonyl (C=O) groups is 2. The fourth-order valence-corrected chi connectivity index (χ4v) is 1.14. The van der Waals surface area contributed by atoms with E-state index in [0.29, 0.717) is 6.42 Å². The summed E-state index contributed by atoms with van der Waals surface area (Å²) in [5.74, 6) is -0.210. The number of pyridine rings is 1. The lowest BCUT2D eigenvalue weighted by Crippen LogP contribution is -2.36. The fourth-order valence-electron chi connectivity index (χ4n) is 1.14. The van der Waals surface area contributed by atoms with Gasteiger partial charge in [0.05, 0.1) is 6.04 Å². The monoisotopic (exact) mass is 192 g/mol. The lowest BCUT2D eigenvalue weighted by molar-refractivity contribution is -0.122. The van der Waals surface area contributed by atoms with Crippen molar-refractivity contribution >= 4 is 12.2 Å². The average molecular weight is 192 g/mol. The van der Waals surface area contributed by atoms with Gasteiger partial charge in [0, 0.05) is 25.2 Å². The maximum Gasteiger partial charge on any atom is 0.217 e. The number of aldehydes is 1. The Morgan fingerprint density at radius 1 is 1.64 bits per heavy atom. The zero-order valence-corrected chi connectivity index (χ0v) is 7.93. The first-order valence-electron chi connectivity index (χ1n) is 4.34. The molecule has 1 aromatic rings. The minimum atomic E-state index is -0.484. The van der Waals surface area contributed by atoms with Gasteiger partial charge in [0.2, 0.25) is 5.91 Å². The second kappa shape index (κ2) is 5.11. The summed E-state index contributed by atoms with van der Waals surface area (Å²) in [6, 6.07) is 4.98. The highest BCUT2D eigenvalue weighted by atomic mass is 16.2. The van der Waals surface area contributed by atoms with E-state index in [2.05, 4.69) is 10.3 Å². The molecule has 0 saturated heterocycles. The fraction of sp³-hybridized carbons (Fsp3) is 0.300. The summed E-state index contributed by atoms with van der Waals surface area (Å²) in [6.07, 6.45) is 2.81. The number of nitrogens with one attached hydrogen (secondary N) is 1. The van der Waals surface area contributed by atoms with Crippen LogP contribution in [0.3, 0.4) is 0 Å². The molecule has 0 aliphatic rings. The van der Waals surface area contributed by atoms with Crippen LogP contribution in [-0.2, 0) is 16.0 Å². The molecule has 1 aromatic heterocycles. The molecule has 0 aliphatic heterocycles. The van der Waals surface area contributed by atoms with Gasteiger partial charge >= 0.3 is 0 Å². The van der Waals surface area contributed by atoms with Crippen molar-refractivity contribution in [3.05, 3.63) is 30.1 Å². The van der Waals surface area contributed by atoms with Crippen LogP contribution in [0, 0.1) is 0 Å². The molecule has 74 valence electrons. The Morgan fingerprint density at radius 3 is 2.93 bits per heavy atom. The Hall–Kier alpha value is -1.71. The summed E-state index contributed by atoms with van der Waals surface area (Å²) in [7, 11) is 0. The summed E-state index contributed by atoms with van der Waals surface area (Å²) >= 11 is 0. The largest absolute Gasteiger partial charge is 0.346 e. The van der Waals surface area contributed by atoms with Crippen LogP contribution in [0.25, 0.3) is 0 Å². The normalized spacial score (nSPS) is 11.8. The molecule has 14 heavy (non-hydrogen) atoms. The molecule has 4 heteroatoms. The van der Waals surface area contributed by atoms with E-state index in [-0.39, 0.29) is 5.91 Å². The number of amides is 1. The molecule has 0 spiro atoms. The first kappa shape index (κ1) is 10.4. The molecule has 1 heterocycles. The SMILES string of the molecule is CC(=O)N[C@H](C=O)Cc1ccccn1. The molecule has 0 unspecified atom stereocenters. The third-order valence-electron chi connectivity index (χ3n) is 1.71. The number of carbonyl (C=O) groups excluding carboxylic acids is 2. The van der Waals surface area contributed by atoms with E-state index in [1.165, 1.54) is 6.92 Å². The highest BCUT2D eigenvalue weighted by Gasteiger charge is 2.09. The molecule has 1 N–H and O–H groups in total. The molecular weight excluding hydrogens is 180 g/mol. The van der Waals surface area contributed by atoms with E-state index in [9.17, 15) is 9.59 Å². The molecular formula is C10H12N2O2. The first-order valence-corrected chi connectivity index (χ1v) is 4.34. The zero-order chi connectivity index (χ0) is 10.4. The molecule has 1 amide bonds. The van der Waals surface area contributed by atoms with Gasteiger partial charge in [-0.15, -0.1) is 0 Å². The highest BCUT2D eigenvalue weighted by molar-refractivity contribution is 5.77. The second-order valence-corrected chi connectivity index (χ2v) is 2.97. The summed E-state index contributed by atoms with van der Waals surface area (Å²) < 4.78 is 0. The lowest BCUT2D eigenvalue weighted by atomic mass is 10.1. The third-order valence-corrected chi connectivity index (χ3v) is 1.71. The predicted molar refractivity (Wildman–Crippen MR) is 51.6 cm³/mol. The Morgan fingerprint density at radius 2 is 2.43 bits per heavy atom. The van der Waals surface area contributed by atoms with Gasteiger partial charge in [-0.1, -0.05) is 6.07 Å². The van der Waals surface area contributed by atoms with E-state index >= 15 is 0 Å². The maximum absolute atomic E-state index is 10.7. The number of hydrogen-bond donors (Lipinski definition) is 1. The van der Waals surface area contributed by atoms with Gasteiger partial charge in [0.25, 0.3) is 0 Å². The molecule has 0 radical (unpaired) electrons. The maximum atomic E-state index is 10.7. The van der Waals surface area contributed by atoms with Gasteiger partial charge in [0.1, 0.15) is 6.29 Å². The van der Waals surface area contributed by atoms with Crippen LogP contribution in [0.15, 0.2) is 24.4 Å². The van der Waals surface area contributed by atoms with Crippen molar-refractivity contribution in [3.8, 4) is 0 Å². The van der Waals surface area contributed by atoms with E-state index in [0.717, 1.165) is 12.0 Å². The Balaban J connectivity index is 2.57. The smallest absolute Gasteiger partial charge is 0.217 e. The number of hydrogen-bond acceptors (Lipinski definition) is 3. The molecule has 0 bridgehead atoms. The minimum Gasteiger partial charge on any atom is -0.346 e. The van der Waals surface area contributed by atoms with Crippen LogP contribution in [-0.4, -0.2) is 23.2 Å². The molecule has 0 saturated carbocycles. The molecule has 0 fully saturated rings. The van der Waals surface area contributed by atoms with Gasteiger partial charge in [-0.05, 0) is 12.1 Å². The van der Waals surface area contributed by atoms with Crippen LogP contribution in [0.4, 0.5) is 0 Å². The van der Waals surface area contributed by atoms with Crippen molar-refractivity contribution in [1.29, 1.82) is 0 Å². The third kappa shape index (κ3) is 3.35. The van der Waals surface area contributed by atoms with Gasteiger partial charge in [-0.2, -0.15) is 0 Å². The van der Waals surface area contributed by atoms with Gasteiger partial charge in [0.15, 0.2) is 0 Å². The van der Waals surface area contributed by atoms with E-state index in [1.54, 1.807) is 12.3 Å². The molecule has 4 nitrogen and oxygen atoms in total. The van der Waals surface area contributed by atoms with Crippen LogP contribution >= 0.6 is 0 Å². The van der Waals surface area contributed by atoms with E-state index in [1.807, 2.05) is 12.1 Å². The number of aromatic nitrogens is 1. The van der Waals surface area contributed by atoms with Crippen molar-refractivity contribution < 1.29 is 9.59 Å². The van der Waals surface area contributed by atoms with Gasteiger partial charge < -0.3 is 10.1 Å². The average Bonchev–Trinajstić information content (AvgIpc) is 2.17. The summed E-state index contributed by atoms with van der Waals surface area (Å²) in [4.78, 5) is 25.4. The van der Waals surface area contributed by atoms with Gasteiger partial charge in [-0.25, -0.2) is 0 Å². The summed E-state index contributed by atoms with van der Waals surface area (Å²) in [5.41, 5.74) is 0.790. The van der Waals surface area contributed by atoms with Crippen LogP contribution in [0.5, 0.6) is 0 Å². The lowest BCUT2D eigenvalue weighted by Gasteiger charge is -2.09. The Kier molecular flexibility index (Phi) is 3.79. The molecule has 0 aliphatic carbocycles. The second-order valence-electron chi connectivity index (χ2n) is 2.97. The topological polar surface area (TPSA) is 59.1 Å². The predicted octanol–water partition coefficient (Wildman–Crippen LogP) is 0.328. The van der Waals surface area contributed by atoms with Crippen molar-refractivity contribution in [2.24, 2.45) is 0 Å². The first-order chi connectivity index (χ1) is 6.72. The van der Waals surface area contributed by atoms with Crippen LogP contribution < -0.4 is 5.32 Å². The van der Waals surface area contributed by atoms with Crippen LogP contribution in [0.1, 0.15) is 12.6 Å². The van der Waals surface area contributed by atoms with E-state index in [4.69, 9.17) is 0 Å². The highest BCUT2D eigenvalue weighted by Crippen LogP contribution is 1.97. The number of rotatable bonds is 4. The summed E-state index contributed by atoms with van der Waals surface area (Å²) in [6.45, 7) is 1.38.